The van der Waals surface area contributed by atoms with Crippen LogP contribution in [-0.2, 0) is 0 Å². The topological polar surface area (TPSA) is 41.1 Å². The normalized spacial score (nSPS) is 10.6. The van der Waals surface area contributed by atoms with Crippen molar-refractivity contribution in [1.29, 1.82) is 0 Å². The molecule has 0 aliphatic carbocycles. The smallest absolute Gasteiger partial charge is 0.252 e. The van der Waals surface area contributed by atoms with Crippen molar-refractivity contribution in [2.45, 2.75) is 19.9 Å². The number of carbonyl (C=O) groups is 1. The first kappa shape index (κ1) is 14.5. The summed E-state index contributed by atoms with van der Waals surface area (Å²) in [7, 11) is 0. The molecule has 0 saturated heterocycles. The number of carbonyl (C=O) groups excluding carboxylic acids is 1. The molecule has 0 spiro atoms. The van der Waals surface area contributed by atoms with Gasteiger partial charge in [0, 0.05) is 28.6 Å². The lowest BCUT2D eigenvalue weighted by molar-refractivity contribution is 0.0953. The van der Waals surface area contributed by atoms with E-state index in [0.717, 1.165) is 11.0 Å². The first-order valence-corrected chi connectivity index (χ1v) is 6.64. The Hall–Kier alpha value is -0.580. The lowest BCUT2D eigenvalue weighted by Gasteiger charge is -2.10. The van der Waals surface area contributed by atoms with E-state index in [1.54, 1.807) is 18.2 Å². The van der Waals surface area contributed by atoms with Crippen molar-refractivity contribution in [2.24, 2.45) is 0 Å². The monoisotopic (exact) mass is 318 g/mol. The predicted octanol–water partition coefficient (Wildman–Crippen LogP) is 2.83. The fraction of sp³-hybridized carbons (Fsp3) is 0.417. The maximum atomic E-state index is 11.8. The standard InChI is InChI=1S/C12H16BrClN2O/c1-8(2)15-5-6-16-12(17)10-7-9(14)3-4-11(10)13/h3-4,7-8,15H,5-6H2,1-2H3,(H,16,17). The minimum absolute atomic E-state index is 0.120. The number of hydrogen-bond acceptors (Lipinski definition) is 2. The zero-order valence-electron chi connectivity index (χ0n) is 9.89. The molecule has 2 N–H and O–H groups in total. The number of hydrogen-bond donors (Lipinski definition) is 2. The second-order valence-electron chi connectivity index (χ2n) is 3.99. The highest BCUT2D eigenvalue weighted by atomic mass is 79.9. The molecule has 0 heterocycles. The van der Waals surface area contributed by atoms with E-state index in [0.29, 0.717) is 23.2 Å². The molecule has 0 atom stereocenters. The molecule has 1 aromatic rings. The summed E-state index contributed by atoms with van der Waals surface area (Å²) in [5.74, 6) is -0.120. The second-order valence-corrected chi connectivity index (χ2v) is 5.28. The summed E-state index contributed by atoms with van der Waals surface area (Å²) >= 11 is 9.18. The Kier molecular flexibility index (Phi) is 5.95. The zero-order valence-corrected chi connectivity index (χ0v) is 12.2. The molecule has 0 aliphatic heterocycles. The van der Waals surface area contributed by atoms with Crippen molar-refractivity contribution in [3.05, 3.63) is 33.3 Å². The van der Waals surface area contributed by atoms with Gasteiger partial charge in [-0.05, 0) is 34.1 Å². The number of benzene rings is 1. The van der Waals surface area contributed by atoms with Crippen LogP contribution < -0.4 is 10.6 Å². The summed E-state index contributed by atoms with van der Waals surface area (Å²) in [6.45, 7) is 5.47. The van der Waals surface area contributed by atoms with Crippen molar-refractivity contribution in [1.82, 2.24) is 10.6 Å². The van der Waals surface area contributed by atoms with E-state index >= 15 is 0 Å². The van der Waals surface area contributed by atoms with E-state index in [2.05, 4.69) is 40.4 Å². The molecule has 0 aliphatic rings. The Bertz CT molecular complexity index is 396. The SMILES string of the molecule is CC(C)NCCNC(=O)c1cc(Cl)ccc1Br. The van der Waals surface area contributed by atoms with Crippen LogP contribution in [0.4, 0.5) is 0 Å². The Labute approximate surface area is 115 Å². The van der Waals surface area contributed by atoms with E-state index < -0.39 is 0 Å². The van der Waals surface area contributed by atoms with Crippen LogP contribution >= 0.6 is 27.5 Å². The van der Waals surface area contributed by atoms with Crippen molar-refractivity contribution >= 4 is 33.4 Å². The average Bonchev–Trinajstić information content (AvgIpc) is 2.27. The van der Waals surface area contributed by atoms with Crippen molar-refractivity contribution in [2.75, 3.05) is 13.1 Å². The summed E-state index contributed by atoms with van der Waals surface area (Å²) in [5.41, 5.74) is 0.557. The van der Waals surface area contributed by atoms with Crippen LogP contribution in [0.5, 0.6) is 0 Å². The third kappa shape index (κ3) is 5.06. The molecule has 17 heavy (non-hydrogen) atoms. The minimum Gasteiger partial charge on any atom is -0.351 e. The van der Waals surface area contributed by atoms with Gasteiger partial charge in [-0.3, -0.25) is 4.79 Å². The van der Waals surface area contributed by atoms with E-state index in [-0.39, 0.29) is 5.91 Å². The summed E-state index contributed by atoms with van der Waals surface area (Å²) < 4.78 is 0.746. The van der Waals surface area contributed by atoms with Crippen LogP contribution in [0.2, 0.25) is 5.02 Å². The Morgan fingerprint density at radius 3 is 2.76 bits per heavy atom. The highest BCUT2D eigenvalue weighted by Crippen LogP contribution is 2.20. The number of halogens is 2. The molecule has 94 valence electrons. The fourth-order valence-corrected chi connectivity index (χ4v) is 1.90. The number of amides is 1. The van der Waals surface area contributed by atoms with Crippen LogP contribution in [-0.4, -0.2) is 25.0 Å². The van der Waals surface area contributed by atoms with E-state index in [9.17, 15) is 4.79 Å². The van der Waals surface area contributed by atoms with E-state index in [1.807, 2.05) is 0 Å². The minimum atomic E-state index is -0.120. The number of nitrogens with one attached hydrogen (secondary N) is 2. The van der Waals surface area contributed by atoms with Gasteiger partial charge in [-0.25, -0.2) is 0 Å². The van der Waals surface area contributed by atoms with Gasteiger partial charge in [0.15, 0.2) is 0 Å². The molecule has 1 amide bonds. The predicted molar refractivity (Wildman–Crippen MR) is 74.6 cm³/mol. The van der Waals surface area contributed by atoms with Gasteiger partial charge in [0.1, 0.15) is 0 Å². The van der Waals surface area contributed by atoms with Gasteiger partial charge >= 0.3 is 0 Å². The summed E-state index contributed by atoms with van der Waals surface area (Å²) in [6, 6.07) is 5.58. The zero-order chi connectivity index (χ0) is 12.8. The summed E-state index contributed by atoms with van der Waals surface area (Å²) in [4.78, 5) is 11.8. The quantitative estimate of drug-likeness (QED) is 0.819. The third-order valence-corrected chi connectivity index (χ3v) is 3.06. The van der Waals surface area contributed by atoms with Gasteiger partial charge in [0.05, 0.1) is 5.56 Å². The van der Waals surface area contributed by atoms with Gasteiger partial charge in [0.25, 0.3) is 5.91 Å². The Morgan fingerprint density at radius 1 is 1.41 bits per heavy atom. The molecule has 0 aromatic heterocycles. The lowest BCUT2D eigenvalue weighted by atomic mass is 10.2. The third-order valence-electron chi connectivity index (χ3n) is 2.14. The maximum absolute atomic E-state index is 11.8. The van der Waals surface area contributed by atoms with Crippen LogP contribution in [0.25, 0.3) is 0 Å². The van der Waals surface area contributed by atoms with Crippen LogP contribution in [0.3, 0.4) is 0 Å². The van der Waals surface area contributed by atoms with Crippen LogP contribution in [0.1, 0.15) is 24.2 Å². The molecule has 3 nitrogen and oxygen atoms in total. The number of rotatable bonds is 5. The van der Waals surface area contributed by atoms with E-state index in [1.165, 1.54) is 0 Å². The van der Waals surface area contributed by atoms with Gasteiger partial charge in [-0.15, -0.1) is 0 Å². The maximum Gasteiger partial charge on any atom is 0.252 e. The van der Waals surface area contributed by atoms with Crippen molar-refractivity contribution in [3.8, 4) is 0 Å². The highest BCUT2D eigenvalue weighted by Gasteiger charge is 2.09. The van der Waals surface area contributed by atoms with Crippen molar-refractivity contribution in [3.63, 3.8) is 0 Å². The second kappa shape index (κ2) is 6.99. The fourth-order valence-electron chi connectivity index (χ4n) is 1.30. The molecule has 5 heteroatoms. The first-order chi connectivity index (χ1) is 8.00. The molecule has 0 fully saturated rings. The molecule has 0 unspecified atom stereocenters. The summed E-state index contributed by atoms with van der Waals surface area (Å²) in [6.07, 6.45) is 0. The molecular formula is C12H16BrClN2O. The Morgan fingerprint density at radius 2 is 2.12 bits per heavy atom. The highest BCUT2D eigenvalue weighted by molar-refractivity contribution is 9.10. The van der Waals surface area contributed by atoms with E-state index in [4.69, 9.17) is 11.6 Å². The molecule has 0 saturated carbocycles. The van der Waals surface area contributed by atoms with Gasteiger partial charge in [-0.2, -0.15) is 0 Å². The van der Waals surface area contributed by atoms with Crippen LogP contribution in [0.15, 0.2) is 22.7 Å². The Balaban J connectivity index is 2.49. The molecule has 0 bridgehead atoms. The van der Waals surface area contributed by atoms with Crippen LogP contribution in [0, 0.1) is 0 Å². The van der Waals surface area contributed by atoms with Crippen molar-refractivity contribution < 1.29 is 4.79 Å². The van der Waals surface area contributed by atoms with Gasteiger partial charge < -0.3 is 10.6 Å². The lowest BCUT2D eigenvalue weighted by Crippen LogP contribution is -2.34. The molecule has 1 rings (SSSR count). The summed E-state index contributed by atoms with van der Waals surface area (Å²) in [5, 5.41) is 6.61. The van der Waals surface area contributed by atoms with Gasteiger partial charge in [-0.1, -0.05) is 25.4 Å². The average molecular weight is 320 g/mol. The first-order valence-electron chi connectivity index (χ1n) is 5.47. The van der Waals surface area contributed by atoms with Gasteiger partial charge in [0.2, 0.25) is 0 Å². The molecule has 0 radical (unpaired) electrons. The largest absolute Gasteiger partial charge is 0.351 e. The molecule has 1 aromatic carbocycles. The molecular weight excluding hydrogens is 304 g/mol.